The smallest absolute Gasteiger partial charge is 0.310 e. The largest absolute Gasteiger partial charge is 0.481 e. The summed E-state index contributed by atoms with van der Waals surface area (Å²) in [6.07, 6.45) is 1.79. The molecule has 0 spiro atoms. The fourth-order valence-corrected chi connectivity index (χ4v) is 3.93. The first-order valence-corrected chi connectivity index (χ1v) is 8.12. The Labute approximate surface area is 123 Å². The van der Waals surface area contributed by atoms with Gasteiger partial charge in [0.2, 0.25) is 10.0 Å². The monoisotopic (exact) mass is 317 g/mol. The molecule has 110 valence electrons. The normalized spacial score (nSPS) is 17.5. The molecule has 0 unspecified atom stereocenters. The molecule has 0 bridgehead atoms. The molecule has 7 heteroatoms. The number of benzene rings is 1. The predicted molar refractivity (Wildman–Crippen MR) is 75.3 cm³/mol. The molecule has 0 aliphatic heterocycles. The summed E-state index contributed by atoms with van der Waals surface area (Å²) in [5.41, 5.74) is -0.112. The highest BCUT2D eigenvalue weighted by Crippen LogP contribution is 2.40. The van der Waals surface area contributed by atoms with Crippen LogP contribution in [0.3, 0.4) is 0 Å². The summed E-state index contributed by atoms with van der Waals surface area (Å²) in [6, 6.07) is 4.64. The van der Waals surface area contributed by atoms with E-state index in [2.05, 4.69) is 4.72 Å². The fraction of sp³-hybridized carbons (Fsp3) is 0.462. The first-order valence-electron chi connectivity index (χ1n) is 6.26. The van der Waals surface area contributed by atoms with Crippen molar-refractivity contribution in [2.75, 3.05) is 6.54 Å². The molecule has 0 saturated heterocycles. The average molecular weight is 318 g/mol. The number of hydrogen-bond acceptors (Lipinski definition) is 3. The summed E-state index contributed by atoms with van der Waals surface area (Å²) in [6.45, 7) is 1.71. The van der Waals surface area contributed by atoms with Crippen molar-refractivity contribution in [3.8, 4) is 0 Å². The van der Waals surface area contributed by atoms with E-state index in [9.17, 15) is 18.3 Å². The molecule has 1 aromatic carbocycles. The van der Waals surface area contributed by atoms with Crippen LogP contribution in [0.2, 0.25) is 5.02 Å². The minimum atomic E-state index is -3.80. The number of carboxylic acids is 1. The van der Waals surface area contributed by atoms with E-state index in [1.165, 1.54) is 6.07 Å². The molecule has 0 heterocycles. The number of nitrogens with one attached hydrogen (secondary N) is 1. The standard InChI is InChI=1S/C13H16ClNO4S/c1-9-3-4-11(10(14)7-9)20(18,19)15-8-13(12(16)17)5-2-6-13/h3-4,7,15H,2,5-6,8H2,1H3,(H,16,17). The number of carbonyl (C=O) groups is 1. The third-order valence-electron chi connectivity index (χ3n) is 3.74. The first kappa shape index (κ1) is 15.3. The Kier molecular flexibility index (Phi) is 4.09. The van der Waals surface area contributed by atoms with Crippen LogP contribution >= 0.6 is 11.6 Å². The van der Waals surface area contributed by atoms with Crippen LogP contribution in [0, 0.1) is 12.3 Å². The van der Waals surface area contributed by atoms with Crippen LogP contribution in [0.15, 0.2) is 23.1 Å². The van der Waals surface area contributed by atoms with Crippen molar-refractivity contribution < 1.29 is 18.3 Å². The second kappa shape index (κ2) is 5.35. The summed E-state index contributed by atoms with van der Waals surface area (Å²) in [4.78, 5) is 11.2. The molecule has 0 radical (unpaired) electrons. The molecule has 1 aromatic rings. The molecular formula is C13H16ClNO4S. The molecule has 5 nitrogen and oxygen atoms in total. The van der Waals surface area contributed by atoms with Gasteiger partial charge in [0.1, 0.15) is 4.90 Å². The highest BCUT2D eigenvalue weighted by molar-refractivity contribution is 7.89. The highest BCUT2D eigenvalue weighted by Gasteiger charge is 2.45. The van der Waals surface area contributed by atoms with Gasteiger partial charge in [0.05, 0.1) is 10.4 Å². The van der Waals surface area contributed by atoms with Crippen molar-refractivity contribution in [2.45, 2.75) is 31.1 Å². The van der Waals surface area contributed by atoms with Gasteiger partial charge in [0, 0.05) is 6.54 Å². The third-order valence-corrected chi connectivity index (χ3v) is 5.63. The molecule has 2 rings (SSSR count). The summed E-state index contributed by atoms with van der Waals surface area (Å²) < 4.78 is 26.7. The van der Waals surface area contributed by atoms with Crippen molar-refractivity contribution in [2.24, 2.45) is 5.41 Å². The van der Waals surface area contributed by atoms with Crippen LogP contribution in [0.1, 0.15) is 24.8 Å². The van der Waals surface area contributed by atoms with Gasteiger partial charge >= 0.3 is 5.97 Å². The SMILES string of the molecule is Cc1ccc(S(=O)(=O)NCC2(C(=O)O)CCC2)c(Cl)c1. The molecule has 0 aromatic heterocycles. The van der Waals surface area contributed by atoms with Gasteiger partial charge in [0.25, 0.3) is 0 Å². The fourth-order valence-electron chi connectivity index (χ4n) is 2.20. The highest BCUT2D eigenvalue weighted by atomic mass is 35.5. The maximum absolute atomic E-state index is 12.2. The van der Waals surface area contributed by atoms with Gasteiger partial charge in [-0.2, -0.15) is 0 Å². The van der Waals surface area contributed by atoms with Gasteiger partial charge in [-0.3, -0.25) is 4.79 Å². The number of aliphatic carboxylic acids is 1. The average Bonchev–Trinajstić information content (AvgIpc) is 2.25. The maximum Gasteiger partial charge on any atom is 0.310 e. The number of halogens is 1. The summed E-state index contributed by atoms with van der Waals surface area (Å²) in [7, 11) is -3.80. The van der Waals surface area contributed by atoms with Gasteiger partial charge in [-0.05, 0) is 37.5 Å². The Morgan fingerprint density at radius 3 is 2.55 bits per heavy atom. The van der Waals surface area contributed by atoms with Crippen LogP contribution < -0.4 is 4.72 Å². The summed E-state index contributed by atoms with van der Waals surface area (Å²) >= 11 is 5.94. The van der Waals surface area contributed by atoms with E-state index in [-0.39, 0.29) is 16.5 Å². The number of aryl methyl sites for hydroxylation is 1. The van der Waals surface area contributed by atoms with Crippen molar-refractivity contribution in [1.82, 2.24) is 4.72 Å². The molecule has 20 heavy (non-hydrogen) atoms. The lowest BCUT2D eigenvalue weighted by Crippen LogP contribution is -2.47. The van der Waals surface area contributed by atoms with E-state index in [1.807, 2.05) is 6.92 Å². The Morgan fingerprint density at radius 1 is 1.45 bits per heavy atom. The van der Waals surface area contributed by atoms with Crippen molar-refractivity contribution >= 4 is 27.6 Å². The Hall–Kier alpha value is -1.11. The third kappa shape index (κ3) is 2.82. The Bertz CT molecular complexity index is 638. The molecular weight excluding hydrogens is 302 g/mol. The zero-order valence-electron chi connectivity index (χ0n) is 11.0. The van der Waals surface area contributed by atoms with E-state index in [4.69, 9.17) is 11.6 Å². The molecule has 0 atom stereocenters. The van der Waals surface area contributed by atoms with E-state index in [0.717, 1.165) is 12.0 Å². The lowest BCUT2D eigenvalue weighted by atomic mass is 9.69. The van der Waals surface area contributed by atoms with Crippen LogP contribution in [0.4, 0.5) is 0 Å². The molecule has 2 N–H and O–H groups in total. The molecule has 1 fully saturated rings. The molecule has 1 aliphatic carbocycles. The number of rotatable bonds is 5. The summed E-state index contributed by atoms with van der Waals surface area (Å²) in [5.74, 6) is -0.957. The maximum atomic E-state index is 12.2. The number of carboxylic acid groups (broad SMARTS) is 1. The van der Waals surface area contributed by atoms with Gasteiger partial charge in [-0.15, -0.1) is 0 Å². The minimum Gasteiger partial charge on any atom is -0.481 e. The van der Waals surface area contributed by atoms with Crippen LogP contribution in [-0.4, -0.2) is 26.0 Å². The topological polar surface area (TPSA) is 83.5 Å². The van der Waals surface area contributed by atoms with Crippen LogP contribution in [0.25, 0.3) is 0 Å². The van der Waals surface area contributed by atoms with Gasteiger partial charge in [0.15, 0.2) is 0 Å². The van der Waals surface area contributed by atoms with Crippen molar-refractivity contribution in [1.29, 1.82) is 0 Å². The molecule has 1 saturated carbocycles. The first-order chi connectivity index (χ1) is 9.27. The van der Waals surface area contributed by atoms with E-state index in [1.54, 1.807) is 12.1 Å². The van der Waals surface area contributed by atoms with Gasteiger partial charge in [-0.1, -0.05) is 24.1 Å². The van der Waals surface area contributed by atoms with Crippen molar-refractivity contribution in [3.05, 3.63) is 28.8 Å². The van der Waals surface area contributed by atoms with E-state index in [0.29, 0.717) is 12.8 Å². The zero-order valence-corrected chi connectivity index (χ0v) is 12.6. The molecule has 1 aliphatic rings. The lowest BCUT2D eigenvalue weighted by Gasteiger charge is -2.37. The van der Waals surface area contributed by atoms with Crippen LogP contribution in [0.5, 0.6) is 0 Å². The zero-order chi connectivity index (χ0) is 15.0. The van der Waals surface area contributed by atoms with Gasteiger partial charge in [-0.25, -0.2) is 13.1 Å². The Balaban J connectivity index is 2.17. The van der Waals surface area contributed by atoms with E-state index < -0.39 is 21.4 Å². The van der Waals surface area contributed by atoms with Gasteiger partial charge < -0.3 is 5.11 Å². The second-order valence-corrected chi connectivity index (χ2v) is 7.34. The predicted octanol–water partition coefficient (Wildman–Crippen LogP) is 2.18. The lowest BCUT2D eigenvalue weighted by molar-refractivity contribution is -0.153. The number of hydrogen-bond donors (Lipinski definition) is 2. The van der Waals surface area contributed by atoms with Crippen LogP contribution in [-0.2, 0) is 14.8 Å². The van der Waals surface area contributed by atoms with E-state index >= 15 is 0 Å². The number of sulfonamides is 1. The summed E-state index contributed by atoms with van der Waals surface area (Å²) in [5, 5.41) is 9.32. The Morgan fingerprint density at radius 2 is 2.10 bits per heavy atom. The second-order valence-electron chi connectivity index (χ2n) is 5.20. The van der Waals surface area contributed by atoms with Crippen molar-refractivity contribution in [3.63, 3.8) is 0 Å². The quantitative estimate of drug-likeness (QED) is 0.872. The minimum absolute atomic E-state index is 0.0235. The molecule has 0 amide bonds.